The van der Waals surface area contributed by atoms with E-state index in [-0.39, 0.29) is 18.5 Å². The third-order valence-electron chi connectivity index (χ3n) is 4.39. The lowest BCUT2D eigenvalue weighted by Crippen LogP contribution is -2.45. The van der Waals surface area contributed by atoms with E-state index in [2.05, 4.69) is 28.1 Å². The van der Waals surface area contributed by atoms with Crippen LogP contribution in [0.25, 0.3) is 11.1 Å². The number of rotatable bonds is 5. The molecular weight excluding hydrogens is 314 g/mol. The number of amides is 3. The summed E-state index contributed by atoms with van der Waals surface area (Å²) < 4.78 is 0. The molecule has 0 heterocycles. The fraction of sp³-hybridized carbons (Fsp3) is 0.300. The maximum atomic E-state index is 11.9. The summed E-state index contributed by atoms with van der Waals surface area (Å²) in [7, 11) is 0. The predicted octanol–water partition coefficient (Wildman–Crippen LogP) is 3.53. The lowest BCUT2D eigenvalue weighted by molar-refractivity contribution is -0.118. The quantitative estimate of drug-likeness (QED) is 0.781. The fourth-order valence-electron chi connectivity index (χ4n) is 3.06. The molecule has 3 N–H and O–H groups in total. The lowest BCUT2D eigenvalue weighted by Gasteiger charge is -2.12. The van der Waals surface area contributed by atoms with Gasteiger partial charge in [0.15, 0.2) is 0 Å². The van der Waals surface area contributed by atoms with Crippen molar-refractivity contribution < 1.29 is 9.59 Å². The molecule has 1 fully saturated rings. The predicted molar refractivity (Wildman–Crippen MR) is 99.3 cm³/mol. The molecule has 2 aromatic carbocycles. The van der Waals surface area contributed by atoms with Crippen LogP contribution in [0.4, 0.5) is 10.5 Å². The van der Waals surface area contributed by atoms with E-state index in [0.717, 1.165) is 42.5 Å². The molecule has 0 saturated heterocycles. The summed E-state index contributed by atoms with van der Waals surface area (Å²) in [6.45, 7) is 0.0583. The second-order valence-electron chi connectivity index (χ2n) is 6.30. The second-order valence-corrected chi connectivity index (χ2v) is 6.30. The molecule has 0 aliphatic heterocycles. The number of imide groups is 1. The Morgan fingerprint density at radius 3 is 2.20 bits per heavy atom. The summed E-state index contributed by atoms with van der Waals surface area (Å²) in [5, 5.41) is 8.23. The highest BCUT2D eigenvalue weighted by Gasteiger charge is 2.17. The van der Waals surface area contributed by atoms with Crippen molar-refractivity contribution in [3.63, 3.8) is 0 Å². The number of anilines is 1. The van der Waals surface area contributed by atoms with E-state index in [9.17, 15) is 9.59 Å². The van der Waals surface area contributed by atoms with Crippen molar-refractivity contribution in [1.29, 1.82) is 0 Å². The molecule has 1 aliphatic rings. The van der Waals surface area contributed by atoms with Crippen LogP contribution < -0.4 is 16.0 Å². The van der Waals surface area contributed by atoms with Crippen molar-refractivity contribution in [2.75, 3.05) is 11.9 Å². The lowest BCUT2D eigenvalue weighted by atomic mass is 10.1. The minimum Gasteiger partial charge on any atom is -0.376 e. The Morgan fingerprint density at radius 2 is 1.52 bits per heavy atom. The van der Waals surface area contributed by atoms with Crippen molar-refractivity contribution >= 4 is 17.6 Å². The highest BCUT2D eigenvalue weighted by atomic mass is 16.2. The summed E-state index contributed by atoms with van der Waals surface area (Å²) in [6.07, 6.45) is 4.26. The van der Waals surface area contributed by atoms with Gasteiger partial charge in [0.05, 0.1) is 6.54 Å². The van der Waals surface area contributed by atoms with Crippen LogP contribution in [0.1, 0.15) is 25.7 Å². The molecule has 5 heteroatoms. The summed E-state index contributed by atoms with van der Waals surface area (Å²) in [6, 6.07) is 17.8. The Balaban J connectivity index is 1.44. The average molecular weight is 337 g/mol. The Bertz CT molecular complexity index is 707. The number of carbonyl (C=O) groups is 2. The molecule has 1 aliphatic carbocycles. The molecule has 25 heavy (non-hydrogen) atoms. The molecule has 0 bridgehead atoms. The van der Waals surface area contributed by atoms with Crippen LogP contribution >= 0.6 is 0 Å². The first kappa shape index (κ1) is 17.0. The molecule has 0 unspecified atom stereocenters. The van der Waals surface area contributed by atoms with E-state index < -0.39 is 6.03 Å². The van der Waals surface area contributed by atoms with E-state index in [1.807, 2.05) is 42.5 Å². The maximum Gasteiger partial charge on any atom is 0.321 e. The van der Waals surface area contributed by atoms with E-state index in [0.29, 0.717) is 0 Å². The van der Waals surface area contributed by atoms with Crippen LogP contribution in [0.15, 0.2) is 54.6 Å². The summed E-state index contributed by atoms with van der Waals surface area (Å²) in [4.78, 5) is 23.6. The molecule has 2 aromatic rings. The number of benzene rings is 2. The number of carbonyl (C=O) groups excluding carboxylic acids is 2. The van der Waals surface area contributed by atoms with Gasteiger partial charge in [0.2, 0.25) is 5.91 Å². The first-order chi connectivity index (χ1) is 12.2. The minimum absolute atomic E-state index is 0.0583. The molecule has 0 aromatic heterocycles. The van der Waals surface area contributed by atoms with E-state index >= 15 is 0 Å². The topological polar surface area (TPSA) is 70.2 Å². The van der Waals surface area contributed by atoms with Crippen LogP contribution in [0.5, 0.6) is 0 Å². The highest BCUT2D eigenvalue weighted by molar-refractivity contribution is 5.96. The Labute approximate surface area is 147 Å². The van der Waals surface area contributed by atoms with E-state index in [4.69, 9.17) is 0 Å². The standard InChI is InChI=1S/C20H23N3O2/c24-19(23-20(25)22-18-8-4-5-9-18)14-21-17-12-10-16(11-13-17)15-6-2-1-3-7-15/h1-3,6-7,10-13,18,21H,4-5,8-9,14H2,(H2,22,23,24,25). The third-order valence-corrected chi connectivity index (χ3v) is 4.39. The summed E-state index contributed by atoms with van der Waals surface area (Å²) in [5.41, 5.74) is 3.10. The van der Waals surface area contributed by atoms with Gasteiger partial charge in [0, 0.05) is 11.7 Å². The van der Waals surface area contributed by atoms with Crippen molar-refractivity contribution in [3.8, 4) is 11.1 Å². The molecule has 3 amide bonds. The summed E-state index contributed by atoms with van der Waals surface area (Å²) in [5.74, 6) is -0.345. The number of nitrogens with one attached hydrogen (secondary N) is 3. The molecule has 3 rings (SSSR count). The van der Waals surface area contributed by atoms with Gasteiger partial charge in [-0.2, -0.15) is 0 Å². The van der Waals surface area contributed by atoms with Gasteiger partial charge in [-0.15, -0.1) is 0 Å². The van der Waals surface area contributed by atoms with Crippen molar-refractivity contribution in [3.05, 3.63) is 54.6 Å². The van der Waals surface area contributed by atoms with Gasteiger partial charge in [-0.25, -0.2) is 4.79 Å². The first-order valence-electron chi connectivity index (χ1n) is 8.70. The van der Waals surface area contributed by atoms with Gasteiger partial charge >= 0.3 is 6.03 Å². The Hall–Kier alpha value is -2.82. The average Bonchev–Trinajstić information content (AvgIpc) is 3.14. The fourth-order valence-corrected chi connectivity index (χ4v) is 3.06. The normalized spacial score (nSPS) is 14.1. The Kier molecular flexibility index (Phi) is 5.67. The molecule has 0 spiro atoms. The molecule has 0 atom stereocenters. The minimum atomic E-state index is -0.405. The van der Waals surface area contributed by atoms with Crippen LogP contribution in [0, 0.1) is 0 Å². The van der Waals surface area contributed by atoms with Gasteiger partial charge in [-0.1, -0.05) is 55.3 Å². The maximum absolute atomic E-state index is 11.9. The van der Waals surface area contributed by atoms with Gasteiger partial charge in [0.25, 0.3) is 0 Å². The van der Waals surface area contributed by atoms with Crippen molar-refractivity contribution in [2.45, 2.75) is 31.7 Å². The van der Waals surface area contributed by atoms with Crippen LogP contribution in [-0.2, 0) is 4.79 Å². The van der Waals surface area contributed by atoms with Crippen molar-refractivity contribution in [1.82, 2.24) is 10.6 Å². The van der Waals surface area contributed by atoms with E-state index in [1.165, 1.54) is 0 Å². The number of urea groups is 1. The zero-order valence-corrected chi connectivity index (χ0v) is 14.1. The van der Waals surface area contributed by atoms with Crippen LogP contribution in [0.3, 0.4) is 0 Å². The zero-order valence-electron chi connectivity index (χ0n) is 14.1. The van der Waals surface area contributed by atoms with Gasteiger partial charge in [-0.05, 0) is 36.1 Å². The van der Waals surface area contributed by atoms with Gasteiger partial charge in [-0.3, -0.25) is 10.1 Å². The second kappa shape index (κ2) is 8.33. The number of hydrogen-bond donors (Lipinski definition) is 3. The van der Waals surface area contributed by atoms with Gasteiger partial charge < -0.3 is 10.6 Å². The summed E-state index contributed by atoms with van der Waals surface area (Å²) >= 11 is 0. The largest absolute Gasteiger partial charge is 0.376 e. The molecule has 130 valence electrons. The SMILES string of the molecule is O=C(CNc1ccc(-c2ccccc2)cc1)NC(=O)NC1CCCC1. The van der Waals surface area contributed by atoms with Crippen LogP contribution in [-0.4, -0.2) is 24.5 Å². The number of hydrogen-bond acceptors (Lipinski definition) is 3. The zero-order chi connectivity index (χ0) is 17.5. The van der Waals surface area contributed by atoms with Crippen LogP contribution in [0.2, 0.25) is 0 Å². The first-order valence-corrected chi connectivity index (χ1v) is 8.70. The Morgan fingerprint density at radius 1 is 0.880 bits per heavy atom. The van der Waals surface area contributed by atoms with Gasteiger partial charge in [0.1, 0.15) is 0 Å². The van der Waals surface area contributed by atoms with E-state index in [1.54, 1.807) is 0 Å². The molecule has 0 radical (unpaired) electrons. The third kappa shape index (κ3) is 5.08. The molecular formula is C20H23N3O2. The van der Waals surface area contributed by atoms with Crippen molar-refractivity contribution in [2.24, 2.45) is 0 Å². The highest BCUT2D eigenvalue weighted by Crippen LogP contribution is 2.20. The molecule has 1 saturated carbocycles. The molecule has 5 nitrogen and oxygen atoms in total. The smallest absolute Gasteiger partial charge is 0.321 e. The monoisotopic (exact) mass is 337 g/mol.